The van der Waals surface area contributed by atoms with E-state index in [1.807, 2.05) is 7.05 Å². The molecule has 3 atom stereocenters. The number of hydrogen-bond acceptors (Lipinski definition) is 2. The number of rotatable bonds is 4. The summed E-state index contributed by atoms with van der Waals surface area (Å²) in [6.45, 7) is 8.30. The summed E-state index contributed by atoms with van der Waals surface area (Å²) < 4.78 is 5.01. The number of urea groups is 1. The van der Waals surface area contributed by atoms with Gasteiger partial charge in [-0.25, -0.2) is 4.79 Å². The van der Waals surface area contributed by atoms with Crippen molar-refractivity contribution in [3.8, 4) is 0 Å². The molecule has 0 saturated heterocycles. The zero-order valence-electron chi connectivity index (χ0n) is 13.0. The highest BCUT2D eigenvalue weighted by molar-refractivity contribution is 5.74. The van der Waals surface area contributed by atoms with Crippen molar-refractivity contribution in [3.05, 3.63) is 0 Å². The Labute approximate surface area is 116 Å². The van der Waals surface area contributed by atoms with Crippen LogP contribution in [0.3, 0.4) is 0 Å². The lowest BCUT2D eigenvalue weighted by Gasteiger charge is -2.40. The van der Waals surface area contributed by atoms with Crippen LogP contribution in [0.15, 0.2) is 0 Å². The first-order chi connectivity index (χ1) is 8.83. The maximum atomic E-state index is 12.2. The minimum Gasteiger partial charge on any atom is -0.383 e. The Morgan fingerprint density at radius 3 is 2.58 bits per heavy atom. The normalized spacial score (nSPS) is 35.4. The molecular formula is C15H28N2O2. The van der Waals surface area contributed by atoms with E-state index in [4.69, 9.17) is 4.74 Å². The number of ether oxygens (including phenoxy) is 1. The van der Waals surface area contributed by atoms with Gasteiger partial charge in [-0.2, -0.15) is 0 Å². The summed E-state index contributed by atoms with van der Waals surface area (Å²) in [7, 11) is 3.49. The number of fused-ring (bicyclic) bond motifs is 2. The van der Waals surface area contributed by atoms with Crippen LogP contribution in [0.4, 0.5) is 4.79 Å². The molecule has 0 aliphatic heterocycles. The average molecular weight is 268 g/mol. The lowest BCUT2D eigenvalue weighted by atomic mass is 9.69. The number of carbonyl (C=O) groups is 1. The smallest absolute Gasteiger partial charge is 0.317 e. The summed E-state index contributed by atoms with van der Waals surface area (Å²) in [5, 5.41) is 3.25. The number of carbonyl (C=O) groups excluding carboxylic acids is 1. The van der Waals surface area contributed by atoms with Gasteiger partial charge in [-0.05, 0) is 36.0 Å². The molecule has 4 nitrogen and oxygen atoms in total. The van der Waals surface area contributed by atoms with Crippen LogP contribution < -0.4 is 5.32 Å². The Morgan fingerprint density at radius 2 is 2.11 bits per heavy atom. The highest BCUT2D eigenvalue weighted by Gasteiger charge is 2.61. The summed E-state index contributed by atoms with van der Waals surface area (Å²) in [5.74, 6) is 0.757. The predicted octanol–water partition coefficient (Wildman–Crippen LogP) is 2.49. The van der Waals surface area contributed by atoms with Crippen LogP contribution in [0.1, 0.15) is 40.0 Å². The molecule has 2 bridgehead atoms. The summed E-state index contributed by atoms with van der Waals surface area (Å²) >= 11 is 0. The summed E-state index contributed by atoms with van der Waals surface area (Å²) in [4.78, 5) is 13.9. The third-order valence-electron chi connectivity index (χ3n) is 6.07. The van der Waals surface area contributed by atoms with Crippen molar-refractivity contribution in [1.82, 2.24) is 10.2 Å². The van der Waals surface area contributed by atoms with E-state index in [0.717, 1.165) is 12.3 Å². The summed E-state index contributed by atoms with van der Waals surface area (Å²) in [6, 6.07) is 0.352. The van der Waals surface area contributed by atoms with E-state index in [1.54, 1.807) is 12.0 Å². The molecule has 2 aliphatic carbocycles. The highest BCUT2D eigenvalue weighted by atomic mass is 16.5. The lowest BCUT2D eigenvalue weighted by Crippen LogP contribution is -2.50. The minimum atomic E-state index is 0.0339. The van der Waals surface area contributed by atoms with E-state index >= 15 is 0 Å². The Bertz CT molecular complexity index is 356. The second-order valence-electron chi connectivity index (χ2n) is 7.03. The van der Waals surface area contributed by atoms with Gasteiger partial charge in [-0.3, -0.25) is 0 Å². The van der Waals surface area contributed by atoms with Crippen LogP contribution in [-0.4, -0.2) is 44.3 Å². The van der Waals surface area contributed by atoms with Crippen molar-refractivity contribution >= 4 is 6.03 Å². The van der Waals surface area contributed by atoms with Gasteiger partial charge in [-0.1, -0.05) is 20.8 Å². The van der Waals surface area contributed by atoms with Gasteiger partial charge >= 0.3 is 6.03 Å². The number of hydrogen-bond donors (Lipinski definition) is 1. The largest absolute Gasteiger partial charge is 0.383 e. The van der Waals surface area contributed by atoms with Gasteiger partial charge in [0.05, 0.1) is 6.61 Å². The lowest BCUT2D eigenvalue weighted by molar-refractivity contribution is 0.115. The molecule has 19 heavy (non-hydrogen) atoms. The maximum absolute atomic E-state index is 12.2. The Kier molecular flexibility index (Phi) is 3.83. The molecule has 0 aromatic rings. The molecule has 2 amide bonds. The van der Waals surface area contributed by atoms with E-state index in [1.165, 1.54) is 12.8 Å². The highest BCUT2D eigenvalue weighted by Crippen LogP contribution is 2.65. The van der Waals surface area contributed by atoms with E-state index < -0.39 is 0 Å². The average Bonchev–Trinajstić information content (AvgIpc) is 2.68. The number of amides is 2. The third-order valence-corrected chi connectivity index (χ3v) is 6.07. The van der Waals surface area contributed by atoms with Crippen LogP contribution in [-0.2, 0) is 4.74 Å². The van der Waals surface area contributed by atoms with Gasteiger partial charge in [0.25, 0.3) is 0 Å². The first kappa shape index (κ1) is 14.6. The standard InChI is InChI=1S/C15H28N2O2/c1-14(2)11-6-7-15(14,3)12(10-11)16-13(18)17(4)8-9-19-5/h11-12H,6-10H2,1-5H3,(H,16,18)/t11-,12+,15-/m1/s1. The van der Waals surface area contributed by atoms with Crippen molar-refractivity contribution in [2.75, 3.05) is 27.3 Å². The SMILES string of the molecule is COCCN(C)C(=O)N[C@H]1C[C@H]2CC[C@@]1(C)C2(C)C. The maximum Gasteiger partial charge on any atom is 0.317 e. The molecule has 1 N–H and O–H groups in total. The number of nitrogens with zero attached hydrogens (tertiary/aromatic N) is 1. The summed E-state index contributed by atoms with van der Waals surface area (Å²) in [6.07, 6.45) is 3.68. The summed E-state index contributed by atoms with van der Waals surface area (Å²) in [5.41, 5.74) is 0.589. The van der Waals surface area contributed by atoms with Crippen LogP contribution in [0.25, 0.3) is 0 Å². The molecule has 0 unspecified atom stereocenters. The van der Waals surface area contributed by atoms with Crippen LogP contribution in [0.2, 0.25) is 0 Å². The zero-order chi connectivity index (χ0) is 14.3. The first-order valence-electron chi connectivity index (χ1n) is 7.33. The van der Waals surface area contributed by atoms with E-state index in [0.29, 0.717) is 24.6 Å². The van der Waals surface area contributed by atoms with Crippen LogP contribution >= 0.6 is 0 Å². The predicted molar refractivity (Wildman–Crippen MR) is 76.1 cm³/mol. The molecule has 110 valence electrons. The third kappa shape index (κ3) is 2.24. The van der Waals surface area contributed by atoms with Crippen molar-refractivity contribution in [2.24, 2.45) is 16.7 Å². The first-order valence-corrected chi connectivity index (χ1v) is 7.33. The molecule has 2 saturated carbocycles. The fourth-order valence-electron chi connectivity index (χ4n) is 4.01. The van der Waals surface area contributed by atoms with Gasteiger partial charge < -0.3 is 15.0 Å². The van der Waals surface area contributed by atoms with Crippen LogP contribution in [0.5, 0.6) is 0 Å². The number of likely N-dealkylation sites (N-methyl/N-ethyl adjacent to an activating group) is 1. The quantitative estimate of drug-likeness (QED) is 0.851. The Hall–Kier alpha value is -0.770. The molecule has 2 fully saturated rings. The second-order valence-corrected chi connectivity index (χ2v) is 7.03. The molecule has 0 aromatic heterocycles. The Morgan fingerprint density at radius 1 is 1.42 bits per heavy atom. The van der Waals surface area contributed by atoms with Crippen molar-refractivity contribution in [2.45, 2.75) is 46.1 Å². The molecule has 0 aromatic carbocycles. The minimum absolute atomic E-state index is 0.0339. The zero-order valence-corrected chi connectivity index (χ0v) is 13.0. The monoisotopic (exact) mass is 268 g/mol. The van der Waals surface area contributed by atoms with Crippen LogP contribution in [0, 0.1) is 16.7 Å². The van der Waals surface area contributed by atoms with Crippen molar-refractivity contribution < 1.29 is 9.53 Å². The number of nitrogens with one attached hydrogen (secondary N) is 1. The molecule has 4 heteroatoms. The molecule has 2 aliphatic rings. The van der Waals surface area contributed by atoms with E-state index in [9.17, 15) is 4.79 Å². The molecule has 0 heterocycles. The molecule has 0 radical (unpaired) electrons. The van der Waals surface area contributed by atoms with Gasteiger partial charge in [0.2, 0.25) is 0 Å². The van der Waals surface area contributed by atoms with Gasteiger partial charge in [0.1, 0.15) is 0 Å². The van der Waals surface area contributed by atoms with Crippen molar-refractivity contribution in [3.63, 3.8) is 0 Å². The van der Waals surface area contributed by atoms with Gasteiger partial charge in [0, 0.05) is 26.7 Å². The fraction of sp³-hybridized carbons (Fsp3) is 0.933. The molecular weight excluding hydrogens is 240 g/mol. The van der Waals surface area contributed by atoms with Gasteiger partial charge in [-0.15, -0.1) is 0 Å². The molecule has 2 rings (SSSR count). The topological polar surface area (TPSA) is 41.6 Å². The van der Waals surface area contributed by atoms with E-state index in [2.05, 4.69) is 26.1 Å². The van der Waals surface area contributed by atoms with Crippen molar-refractivity contribution in [1.29, 1.82) is 0 Å². The molecule has 0 spiro atoms. The fourth-order valence-corrected chi connectivity index (χ4v) is 4.01. The van der Waals surface area contributed by atoms with Gasteiger partial charge in [0.15, 0.2) is 0 Å². The van der Waals surface area contributed by atoms with E-state index in [-0.39, 0.29) is 11.4 Å². The Balaban J connectivity index is 1.96. The second kappa shape index (κ2) is 4.97. The number of methoxy groups -OCH3 is 1.